The third kappa shape index (κ3) is 1.08. The first-order chi connectivity index (χ1) is 6.95. The summed E-state index contributed by atoms with van der Waals surface area (Å²) >= 11 is 0. The van der Waals surface area contributed by atoms with Crippen molar-refractivity contribution in [1.29, 1.82) is 0 Å². The van der Waals surface area contributed by atoms with Gasteiger partial charge in [-0.2, -0.15) is 0 Å². The van der Waals surface area contributed by atoms with Crippen LogP contribution in [0.5, 0.6) is 17.2 Å². The Morgan fingerprint density at radius 3 is 1.93 bits per heavy atom. The lowest BCUT2D eigenvalue weighted by atomic mass is 10.0. The number of benzene rings is 1. The average molecular weight is 207 g/mol. The van der Waals surface area contributed by atoms with Crippen LogP contribution in [-0.4, -0.2) is 20.3 Å². The van der Waals surface area contributed by atoms with Crippen molar-refractivity contribution in [3.8, 4) is 17.2 Å². The van der Waals surface area contributed by atoms with E-state index in [2.05, 4.69) is 4.98 Å². The number of hydrogen-bond acceptors (Lipinski definition) is 3. The Labute approximate surface area is 86.8 Å². The molecule has 4 N–H and O–H groups in total. The van der Waals surface area contributed by atoms with E-state index in [4.69, 9.17) is 0 Å². The maximum absolute atomic E-state index is 9.79. The first kappa shape index (κ1) is 9.71. The van der Waals surface area contributed by atoms with Gasteiger partial charge in [-0.3, -0.25) is 0 Å². The molecule has 0 unspecified atom stereocenters. The van der Waals surface area contributed by atoms with E-state index < -0.39 is 0 Å². The molecular weight excluding hydrogens is 194 g/mol. The molecule has 1 aromatic carbocycles. The van der Waals surface area contributed by atoms with Gasteiger partial charge in [0.05, 0.1) is 11.2 Å². The molecule has 80 valence electrons. The molecule has 0 aliphatic carbocycles. The second kappa shape index (κ2) is 2.82. The summed E-state index contributed by atoms with van der Waals surface area (Å²) in [4.78, 5) is 2.98. The minimum Gasteiger partial charge on any atom is -0.505 e. The van der Waals surface area contributed by atoms with Crippen molar-refractivity contribution in [2.24, 2.45) is 0 Å². The molecule has 2 rings (SSSR count). The maximum atomic E-state index is 9.79. The van der Waals surface area contributed by atoms with Gasteiger partial charge in [0.15, 0.2) is 11.5 Å². The number of aromatic amines is 1. The van der Waals surface area contributed by atoms with Crippen molar-refractivity contribution >= 4 is 10.9 Å². The van der Waals surface area contributed by atoms with Gasteiger partial charge in [0.1, 0.15) is 5.75 Å². The number of aromatic nitrogens is 1. The van der Waals surface area contributed by atoms with E-state index >= 15 is 0 Å². The molecule has 15 heavy (non-hydrogen) atoms. The molecule has 1 heterocycles. The lowest BCUT2D eigenvalue weighted by molar-refractivity contribution is 0.399. The molecule has 2 aromatic rings. The minimum absolute atomic E-state index is 0.126. The number of hydrogen-bond donors (Lipinski definition) is 4. The molecule has 0 radical (unpaired) electrons. The van der Waals surface area contributed by atoms with E-state index in [-0.39, 0.29) is 17.2 Å². The standard InChI is InChI=1S/C11H13NO3/c1-4-7-8(12-6(3)11(7)15)5(2)10(14)9(4)13/h12-15H,1-3H3. The van der Waals surface area contributed by atoms with Crippen LogP contribution in [0.1, 0.15) is 16.8 Å². The smallest absolute Gasteiger partial charge is 0.162 e. The van der Waals surface area contributed by atoms with Crippen LogP contribution in [0.3, 0.4) is 0 Å². The van der Waals surface area contributed by atoms with Crippen molar-refractivity contribution in [2.45, 2.75) is 20.8 Å². The highest BCUT2D eigenvalue weighted by Crippen LogP contribution is 2.43. The second-order valence-electron chi connectivity index (χ2n) is 3.80. The zero-order valence-corrected chi connectivity index (χ0v) is 8.84. The largest absolute Gasteiger partial charge is 0.505 e. The van der Waals surface area contributed by atoms with Gasteiger partial charge < -0.3 is 20.3 Å². The number of aryl methyl sites for hydroxylation is 3. The van der Waals surface area contributed by atoms with Crippen molar-refractivity contribution in [1.82, 2.24) is 4.98 Å². The number of H-pyrrole nitrogens is 1. The molecule has 0 spiro atoms. The molecular formula is C11H13NO3. The van der Waals surface area contributed by atoms with Gasteiger partial charge in [0.25, 0.3) is 0 Å². The predicted octanol–water partition coefficient (Wildman–Crippen LogP) is 2.21. The molecule has 1 aromatic heterocycles. The number of nitrogens with one attached hydrogen (secondary N) is 1. The van der Waals surface area contributed by atoms with Gasteiger partial charge in [-0.1, -0.05) is 0 Å². The predicted molar refractivity (Wildman–Crippen MR) is 57.5 cm³/mol. The van der Waals surface area contributed by atoms with Gasteiger partial charge in [0, 0.05) is 16.5 Å². The average Bonchev–Trinajstić information content (AvgIpc) is 2.50. The number of phenolic OH excluding ortho intramolecular Hbond substituents is 2. The van der Waals surface area contributed by atoms with Crippen LogP contribution in [-0.2, 0) is 0 Å². The van der Waals surface area contributed by atoms with Gasteiger partial charge in [0.2, 0.25) is 0 Å². The van der Waals surface area contributed by atoms with Crippen LogP contribution in [0.25, 0.3) is 10.9 Å². The Kier molecular flexibility index (Phi) is 1.83. The summed E-state index contributed by atoms with van der Waals surface area (Å²) in [5.41, 5.74) is 2.31. The molecule has 0 saturated heterocycles. The monoisotopic (exact) mass is 207 g/mol. The molecule has 0 atom stereocenters. The van der Waals surface area contributed by atoms with E-state index in [1.54, 1.807) is 20.8 Å². The highest BCUT2D eigenvalue weighted by atomic mass is 16.3. The fourth-order valence-electron chi connectivity index (χ4n) is 1.85. The Morgan fingerprint density at radius 2 is 1.33 bits per heavy atom. The molecule has 0 bridgehead atoms. The highest BCUT2D eigenvalue weighted by Gasteiger charge is 2.18. The maximum Gasteiger partial charge on any atom is 0.162 e. The third-order valence-electron chi connectivity index (χ3n) is 2.84. The fourth-order valence-corrected chi connectivity index (χ4v) is 1.85. The fraction of sp³-hybridized carbons (Fsp3) is 0.273. The van der Waals surface area contributed by atoms with Crippen molar-refractivity contribution < 1.29 is 15.3 Å². The summed E-state index contributed by atoms with van der Waals surface area (Å²) in [7, 11) is 0. The Hall–Kier alpha value is -1.84. The van der Waals surface area contributed by atoms with Crippen LogP contribution < -0.4 is 0 Å². The SMILES string of the molecule is Cc1[nH]c2c(C)c(O)c(O)c(C)c2c1O. The molecule has 0 aliphatic heterocycles. The van der Waals surface area contributed by atoms with Gasteiger partial charge in [-0.05, 0) is 20.8 Å². The zero-order valence-electron chi connectivity index (χ0n) is 8.84. The van der Waals surface area contributed by atoms with Crippen molar-refractivity contribution in [3.05, 3.63) is 16.8 Å². The number of rotatable bonds is 0. The molecule has 0 saturated carbocycles. The first-order valence-corrected chi connectivity index (χ1v) is 4.67. The number of fused-ring (bicyclic) bond motifs is 1. The van der Waals surface area contributed by atoms with Gasteiger partial charge >= 0.3 is 0 Å². The van der Waals surface area contributed by atoms with Crippen molar-refractivity contribution in [3.63, 3.8) is 0 Å². The lowest BCUT2D eigenvalue weighted by Crippen LogP contribution is -1.84. The molecule has 4 heteroatoms. The summed E-state index contributed by atoms with van der Waals surface area (Å²) in [6.07, 6.45) is 0. The summed E-state index contributed by atoms with van der Waals surface area (Å²) in [5, 5.41) is 29.6. The number of phenols is 2. The van der Waals surface area contributed by atoms with Crippen LogP contribution in [0.15, 0.2) is 0 Å². The lowest BCUT2D eigenvalue weighted by Gasteiger charge is -2.07. The van der Waals surface area contributed by atoms with E-state index in [0.717, 1.165) is 0 Å². The second-order valence-corrected chi connectivity index (χ2v) is 3.80. The summed E-state index contributed by atoms with van der Waals surface area (Å²) in [6.45, 7) is 5.08. The van der Waals surface area contributed by atoms with Crippen LogP contribution in [0, 0.1) is 20.8 Å². The van der Waals surface area contributed by atoms with Crippen LogP contribution in [0.2, 0.25) is 0 Å². The topological polar surface area (TPSA) is 76.5 Å². The van der Waals surface area contributed by atoms with E-state index in [1.165, 1.54) is 0 Å². The summed E-state index contributed by atoms with van der Waals surface area (Å²) in [6, 6.07) is 0. The molecule has 0 aliphatic rings. The number of aromatic hydroxyl groups is 3. The molecule has 0 amide bonds. The Bertz CT molecular complexity index is 555. The first-order valence-electron chi connectivity index (χ1n) is 4.67. The van der Waals surface area contributed by atoms with E-state index in [0.29, 0.717) is 27.7 Å². The normalized spacial score (nSPS) is 11.1. The van der Waals surface area contributed by atoms with Crippen molar-refractivity contribution in [2.75, 3.05) is 0 Å². The third-order valence-corrected chi connectivity index (χ3v) is 2.84. The van der Waals surface area contributed by atoms with Gasteiger partial charge in [-0.15, -0.1) is 0 Å². The summed E-state index contributed by atoms with van der Waals surface area (Å²) in [5.74, 6) is -0.184. The van der Waals surface area contributed by atoms with Crippen LogP contribution in [0.4, 0.5) is 0 Å². The summed E-state index contributed by atoms with van der Waals surface area (Å²) < 4.78 is 0. The van der Waals surface area contributed by atoms with E-state index in [9.17, 15) is 15.3 Å². The Morgan fingerprint density at radius 1 is 0.800 bits per heavy atom. The van der Waals surface area contributed by atoms with Gasteiger partial charge in [-0.25, -0.2) is 0 Å². The van der Waals surface area contributed by atoms with E-state index in [1.807, 2.05) is 0 Å². The zero-order chi connectivity index (χ0) is 11.3. The molecule has 4 nitrogen and oxygen atoms in total. The Balaban J connectivity index is 3.07. The molecule has 0 fully saturated rings. The minimum atomic E-state index is -0.172. The highest BCUT2D eigenvalue weighted by molar-refractivity contribution is 5.96. The quantitative estimate of drug-likeness (QED) is 0.500. The van der Waals surface area contributed by atoms with Crippen LogP contribution >= 0.6 is 0 Å².